The van der Waals surface area contributed by atoms with Gasteiger partial charge in [0.1, 0.15) is 6.04 Å². The van der Waals surface area contributed by atoms with Crippen molar-refractivity contribution < 1.29 is 24.2 Å². The van der Waals surface area contributed by atoms with Crippen LogP contribution in [0, 0.1) is 0 Å². The van der Waals surface area contributed by atoms with Crippen LogP contribution in [0.5, 0.6) is 11.5 Å². The molecule has 21 heavy (non-hydrogen) atoms. The standard InChI is InChI=1S/C15H19NO5/c1-4-5-8-11(15(18)19)16-14(17)10-7-6-9-12(20-2)13(10)21-3/h4-7,9,11H,8H2,1-3H3,(H,16,17)(H,18,19)/b5-4+. The van der Waals surface area contributed by atoms with E-state index in [9.17, 15) is 9.59 Å². The number of nitrogens with one attached hydrogen (secondary N) is 1. The van der Waals surface area contributed by atoms with E-state index in [4.69, 9.17) is 14.6 Å². The molecule has 0 bridgehead atoms. The van der Waals surface area contributed by atoms with E-state index in [2.05, 4.69) is 5.32 Å². The largest absolute Gasteiger partial charge is 0.493 e. The molecule has 1 rings (SSSR count). The number of aliphatic carboxylic acids is 1. The first-order chi connectivity index (χ1) is 10.0. The van der Waals surface area contributed by atoms with Crippen LogP contribution in [0.25, 0.3) is 0 Å². The summed E-state index contributed by atoms with van der Waals surface area (Å²) in [6.45, 7) is 1.78. The number of benzene rings is 1. The minimum atomic E-state index is -1.09. The van der Waals surface area contributed by atoms with Gasteiger partial charge >= 0.3 is 5.97 Å². The van der Waals surface area contributed by atoms with Gasteiger partial charge in [-0.3, -0.25) is 4.79 Å². The Balaban J connectivity index is 3.00. The van der Waals surface area contributed by atoms with E-state index in [1.807, 2.05) is 0 Å². The number of hydrogen-bond donors (Lipinski definition) is 2. The zero-order valence-corrected chi connectivity index (χ0v) is 12.3. The van der Waals surface area contributed by atoms with Gasteiger partial charge in [0.15, 0.2) is 11.5 Å². The quantitative estimate of drug-likeness (QED) is 0.749. The Kier molecular flexibility index (Phi) is 6.26. The molecule has 1 aromatic carbocycles. The van der Waals surface area contributed by atoms with Crippen molar-refractivity contribution in [1.29, 1.82) is 0 Å². The highest BCUT2D eigenvalue weighted by molar-refractivity contribution is 5.99. The van der Waals surface area contributed by atoms with Gasteiger partial charge in [0.2, 0.25) is 0 Å². The number of carboxylic acids is 1. The maximum atomic E-state index is 12.2. The molecule has 0 heterocycles. The third kappa shape index (κ3) is 4.24. The molecular weight excluding hydrogens is 274 g/mol. The summed E-state index contributed by atoms with van der Waals surface area (Å²) in [5.74, 6) is -0.941. The van der Waals surface area contributed by atoms with Crippen molar-refractivity contribution in [2.45, 2.75) is 19.4 Å². The first-order valence-electron chi connectivity index (χ1n) is 6.41. The van der Waals surface area contributed by atoms with Crippen molar-refractivity contribution >= 4 is 11.9 Å². The first kappa shape index (κ1) is 16.6. The van der Waals surface area contributed by atoms with Gasteiger partial charge in [-0.25, -0.2) is 4.79 Å². The summed E-state index contributed by atoms with van der Waals surface area (Å²) in [5, 5.41) is 11.6. The Bertz CT molecular complexity index is 539. The van der Waals surface area contributed by atoms with Gasteiger partial charge in [0.05, 0.1) is 19.8 Å². The fourth-order valence-electron chi connectivity index (χ4n) is 1.80. The van der Waals surface area contributed by atoms with Crippen LogP contribution < -0.4 is 14.8 Å². The summed E-state index contributed by atoms with van der Waals surface area (Å²) in [7, 11) is 2.88. The molecule has 0 radical (unpaired) electrons. The number of hydrogen-bond acceptors (Lipinski definition) is 4. The lowest BCUT2D eigenvalue weighted by Crippen LogP contribution is -2.40. The predicted molar refractivity (Wildman–Crippen MR) is 77.9 cm³/mol. The van der Waals surface area contributed by atoms with Crippen molar-refractivity contribution in [3.05, 3.63) is 35.9 Å². The highest BCUT2D eigenvalue weighted by Gasteiger charge is 2.22. The molecule has 0 saturated heterocycles. The minimum absolute atomic E-state index is 0.212. The van der Waals surface area contributed by atoms with Crippen LogP contribution in [0.2, 0.25) is 0 Å². The number of amides is 1. The van der Waals surface area contributed by atoms with E-state index < -0.39 is 17.9 Å². The van der Waals surface area contributed by atoms with Gasteiger partial charge in [-0.2, -0.15) is 0 Å². The SMILES string of the molecule is C/C=C/CC(NC(=O)c1cccc(OC)c1OC)C(=O)O. The van der Waals surface area contributed by atoms with Crippen molar-refractivity contribution in [3.63, 3.8) is 0 Å². The molecule has 114 valence electrons. The molecule has 0 aromatic heterocycles. The molecule has 1 amide bonds. The number of para-hydroxylation sites is 1. The summed E-state index contributed by atoms with van der Waals surface area (Å²) in [4.78, 5) is 23.4. The number of carbonyl (C=O) groups is 2. The molecule has 6 nitrogen and oxygen atoms in total. The Morgan fingerprint density at radius 2 is 2.05 bits per heavy atom. The number of carbonyl (C=O) groups excluding carboxylic acids is 1. The van der Waals surface area contributed by atoms with Crippen LogP contribution in [0.15, 0.2) is 30.4 Å². The van der Waals surface area contributed by atoms with Crippen LogP contribution in [0.4, 0.5) is 0 Å². The zero-order chi connectivity index (χ0) is 15.8. The second-order valence-electron chi connectivity index (χ2n) is 4.21. The number of ether oxygens (including phenoxy) is 2. The number of rotatable bonds is 7. The molecule has 1 unspecified atom stereocenters. The summed E-state index contributed by atoms with van der Waals surface area (Å²) >= 11 is 0. The van der Waals surface area contributed by atoms with Crippen LogP contribution in [-0.2, 0) is 4.79 Å². The van der Waals surface area contributed by atoms with Crippen LogP contribution in [0.3, 0.4) is 0 Å². The van der Waals surface area contributed by atoms with E-state index in [0.717, 1.165) is 0 Å². The van der Waals surface area contributed by atoms with E-state index in [-0.39, 0.29) is 17.7 Å². The molecule has 0 spiro atoms. The van der Waals surface area contributed by atoms with E-state index in [0.29, 0.717) is 5.75 Å². The zero-order valence-electron chi connectivity index (χ0n) is 12.3. The van der Waals surface area contributed by atoms with Crippen molar-refractivity contribution in [2.75, 3.05) is 14.2 Å². The van der Waals surface area contributed by atoms with E-state index in [1.165, 1.54) is 14.2 Å². The van der Waals surface area contributed by atoms with Gasteiger partial charge in [0.25, 0.3) is 5.91 Å². The first-order valence-corrected chi connectivity index (χ1v) is 6.41. The lowest BCUT2D eigenvalue weighted by Gasteiger charge is -2.15. The Hall–Kier alpha value is -2.50. The molecule has 1 atom stereocenters. The molecule has 0 aliphatic carbocycles. The molecular formula is C15H19NO5. The average molecular weight is 293 g/mol. The fourth-order valence-corrected chi connectivity index (χ4v) is 1.80. The van der Waals surface area contributed by atoms with Crippen LogP contribution >= 0.6 is 0 Å². The lowest BCUT2D eigenvalue weighted by molar-refractivity contribution is -0.139. The summed E-state index contributed by atoms with van der Waals surface area (Å²) in [6, 6.07) is 3.84. The van der Waals surface area contributed by atoms with Crippen molar-refractivity contribution in [2.24, 2.45) is 0 Å². The third-order valence-electron chi connectivity index (χ3n) is 2.86. The maximum absolute atomic E-state index is 12.2. The van der Waals surface area contributed by atoms with Crippen LogP contribution in [-0.4, -0.2) is 37.2 Å². The molecule has 0 saturated carbocycles. The molecule has 2 N–H and O–H groups in total. The Morgan fingerprint density at radius 1 is 1.33 bits per heavy atom. The normalized spacial score (nSPS) is 12.0. The van der Waals surface area contributed by atoms with E-state index in [1.54, 1.807) is 37.3 Å². The lowest BCUT2D eigenvalue weighted by atomic mass is 10.1. The summed E-state index contributed by atoms with van der Waals surface area (Å²) < 4.78 is 10.3. The van der Waals surface area contributed by atoms with Crippen molar-refractivity contribution in [3.8, 4) is 11.5 Å². The Labute approximate surface area is 123 Å². The van der Waals surface area contributed by atoms with Gasteiger partial charge < -0.3 is 19.9 Å². The molecule has 6 heteroatoms. The second-order valence-corrected chi connectivity index (χ2v) is 4.21. The summed E-state index contributed by atoms with van der Waals surface area (Å²) in [6.07, 6.45) is 3.62. The number of carboxylic acid groups (broad SMARTS) is 1. The van der Waals surface area contributed by atoms with Crippen molar-refractivity contribution in [1.82, 2.24) is 5.32 Å². The third-order valence-corrected chi connectivity index (χ3v) is 2.86. The monoisotopic (exact) mass is 293 g/mol. The van der Waals surface area contributed by atoms with Gasteiger partial charge in [-0.05, 0) is 25.5 Å². The fraction of sp³-hybridized carbons (Fsp3) is 0.333. The van der Waals surface area contributed by atoms with Gasteiger partial charge in [-0.15, -0.1) is 0 Å². The topological polar surface area (TPSA) is 84.9 Å². The minimum Gasteiger partial charge on any atom is -0.493 e. The molecule has 0 aliphatic heterocycles. The maximum Gasteiger partial charge on any atom is 0.326 e. The van der Waals surface area contributed by atoms with Gasteiger partial charge in [0, 0.05) is 0 Å². The molecule has 0 fully saturated rings. The summed E-state index contributed by atoms with van der Waals surface area (Å²) in [5.41, 5.74) is 0.226. The predicted octanol–water partition coefficient (Wildman–Crippen LogP) is 1.85. The average Bonchev–Trinajstić information content (AvgIpc) is 2.49. The highest BCUT2D eigenvalue weighted by atomic mass is 16.5. The molecule has 1 aromatic rings. The van der Waals surface area contributed by atoms with Crippen LogP contribution in [0.1, 0.15) is 23.7 Å². The van der Waals surface area contributed by atoms with Gasteiger partial charge in [-0.1, -0.05) is 18.2 Å². The Morgan fingerprint density at radius 3 is 2.57 bits per heavy atom. The number of methoxy groups -OCH3 is 2. The highest BCUT2D eigenvalue weighted by Crippen LogP contribution is 2.30. The number of allylic oxidation sites excluding steroid dienone is 1. The second kappa shape index (κ2) is 7.94. The van der Waals surface area contributed by atoms with E-state index >= 15 is 0 Å². The smallest absolute Gasteiger partial charge is 0.326 e. The molecule has 0 aliphatic rings.